The summed E-state index contributed by atoms with van der Waals surface area (Å²) in [7, 11) is 1.42. The Morgan fingerprint density at radius 3 is 2.51 bits per heavy atom. The Morgan fingerprint density at radius 2 is 1.81 bits per heavy atom. The molecule has 1 heterocycles. The third-order valence-corrected chi connectivity index (χ3v) is 6.80. The zero-order valence-electron chi connectivity index (χ0n) is 19.8. The molecule has 190 valence electrons. The summed E-state index contributed by atoms with van der Waals surface area (Å²) in [6.07, 6.45) is 1.49. The van der Waals surface area contributed by atoms with Crippen molar-refractivity contribution < 1.29 is 28.6 Å². The second-order valence-electron chi connectivity index (χ2n) is 7.89. The van der Waals surface area contributed by atoms with Crippen molar-refractivity contribution in [3.8, 4) is 17.2 Å². The molecule has 3 aromatic carbocycles. The van der Waals surface area contributed by atoms with Gasteiger partial charge in [-0.15, -0.1) is 0 Å². The van der Waals surface area contributed by atoms with Gasteiger partial charge in [-0.05, 0) is 61.2 Å². The van der Waals surface area contributed by atoms with Gasteiger partial charge in [0.05, 0.1) is 29.1 Å². The minimum atomic E-state index is -0.734. The van der Waals surface area contributed by atoms with Gasteiger partial charge in [0.2, 0.25) is 0 Å². The second kappa shape index (κ2) is 11.7. The number of halogens is 2. The standard InChI is InChI=1S/C27H21Cl2NO6S/c1-16-6-9-19(10-7-16)35-13-12-30-25(31)23(37-27(30)33)14-17-4-3-5-22(34-2)24(17)36-26(32)20-11-8-18(28)15-21(20)29/h3-11,14-15H,12-13H2,1-2H3/b23-14-. The zero-order valence-corrected chi connectivity index (χ0v) is 22.2. The molecule has 0 aliphatic carbocycles. The first kappa shape index (κ1) is 26.6. The molecule has 1 aliphatic heterocycles. The minimum Gasteiger partial charge on any atom is -0.493 e. The van der Waals surface area contributed by atoms with Crippen LogP contribution in [0, 0.1) is 6.92 Å². The predicted octanol–water partition coefficient (Wildman–Crippen LogP) is 6.64. The van der Waals surface area contributed by atoms with Crippen molar-refractivity contribution in [1.82, 2.24) is 4.90 Å². The van der Waals surface area contributed by atoms with Crippen LogP contribution in [-0.2, 0) is 4.79 Å². The van der Waals surface area contributed by atoms with Gasteiger partial charge in [-0.3, -0.25) is 14.5 Å². The number of imide groups is 1. The smallest absolute Gasteiger partial charge is 0.345 e. The molecule has 7 nitrogen and oxygen atoms in total. The van der Waals surface area contributed by atoms with Crippen LogP contribution in [0.15, 0.2) is 65.6 Å². The Bertz CT molecular complexity index is 1390. The molecular weight excluding hydrogens is 537 g/mol. The third-order valence-electron chi connectivity index (χ3n) is 5.34. The Morgan fingerprint density at radius 1 is 1.05 bits per heavy atom. The summed E-state index contributed by atoms with van der Waals surface area (Å²) >= 11 is 12.9. The van der Waals surface area contributed by atoms with Crippen molar-refractivity contribution in [1.29, 1.82) is 0 Å². The molecule has 0 aromatic heterocycles. The van der Waals surface area contributed by atoms with Crippen LogP contribution in [0.2, 0.25) is 10.0 Å². The van der Waals surface area contributed by atoms with Crippen molar-refractivity contribution in [2.45, 2.75) is 6.92 Å². The summed E-state index contributed by atoms with van der Waals surface area (Å²) in [6.45, 7) is 2.21. The van der Waals surface area contributed by atoms with Crippen molar-refractivity contribution >= 4 is 58.2 Å². The van der Waals surface area contributed by atoms with Crippen molar-refractivity contribution in [2.24, 2.45) is 0 Å². The first-order valence-electron chi connectivity index (χ1n) is 11.1. The maximum Gasteiger partial charge on any atom is 0.345 e. The highest BCUT2D eigenvalue weighted by molar-refractivity contribution is 8.18. The first-order chi connectivity index (χ1) is 17.8. The average Bonchev–Trinajstić information content (AvgIpc) is 3.13. The number of rotatable bonds is 8. The van der Waals surface area contributed by atoms with Gasteiger partial charge in [0.1, 0.15) is 12.4 Å². The fraction of sp³-hybridized carbons (Fsp3) is 0.148. The van der Waals surface area contributed by atoms with E-state index in [1.54, 1.807) is 18.2 Å². The molecule has 1 aliphatic rings. The monoisotopic (exact) mass is 557 g/mol. The number of hydrogen-bond acceptors (Lipinski definition) is 7. The number of nitrogens with zero attached hydrogens (tertiary/aromatic N) is 1. The van der Waals surface area contributed by atoms with E-state index in [0.717, 1.165) is 22.2 Å². The van der Waals surface area contributed by atoms with Gasteiger partial charge in [0.15, 0.2) is 11.5 Å². The summed E-state index contributed by atoms with van der Waals surface area (Å²) in [6, 6.07) is 16.8. The molecule has 1 fully saturated rings. The van der Waals surface area contributed by atoms with Crippen LogP contribution in [-0.4, -0.2) is 42.3 Å². The van der Waals surface area contributed by atoms with Gasteiger partial charge in [0.25, 0.3) is 11.1 Å². The van der Waals surface area contributed by atoms with Crippen LogP contribution in [0.4, 0.5) is 4.79 Å². The molecule has 0 N–H and O–H groups in total. The van der Waals surface area contributed by atoms with E-state index < -0.39 is 17.1 Å². The summed E-state index contributed by atoms with van der Waals surface area (Å²) < 4.78 is 16.6. The lowest BCUT2D eigenvalue weighted by Crippen LogP contribution is -2.32. The molecule has 37 heavy (non-hydrogen) atoms. The average molecular weight is 558 g/mol. The second-order valence-corrected chi connectivity index (χ2v) is 9.72. The maximum atomic E-state index is 13.0. The highest BCUT2D eigenvalue weighted by Crippen LogP contribution is 2.38. The Kier molecular flexibility index (Phi) is 8.43. The van der Waals surface area contributed by atoms with Crippen LogP contribution in [0.5, 0.6) is 17.2 Å². The van der Waals surface area contributed by atoms with E-state index in [1.807, 2.05) is 31.2 Å². The predicted molar refractivity (Wildman–Crippen MR) is 144 cm³/mol. The van der Waals surface area contributed by atoms with Gasteiger partial charge >= 0.3 is 5.97 Å². The third kappa shape index (κ3) is 6.28. The highest BCUT2D eigenvalue weighted by atomic mass is 35.5. The lowest BCUT2D eigenvalue weighted by Gasteiger charge is -2.14. The summed E-state index contributed by atoms with van der Waals surface area (Å²) in [4.78, 5) is 39.7. The number of thioether (sulfide) groups is 1. The highest BCUT2D eigenvalue weighted by Gasteiger charge is 2.35. The van der Waals surface area contributed by atoms with E-state index >= 15 is 0 Å². The molecule has 2 amide bonds. The van der Waals surface area contributed by atoms with Crippen LogP contribution in [0.25, 0.3) is 6.08 Å². The van der Waals surface area contributed by atoms with E-state index in [-0.39, 0.29) is 40.1 Å². The summed E-state index contributed by atoms with van der Waals surface area (Å²) in [5.74, 6) is -0.212. The lowest BCUT2D eigenvalue weighted by molar-refractivity contribution is -0.123. The number of ether oxygens (including phenoxy) is 3. The molecule has 0 radical (unpaired) electrons. The number of benzene rings is 3. The van der Waals surface area contributed by atoms with Crippen LogP contribution in [0.3, 0.4) is 0 Å². The number of hydrogen-bond donors (Lipinski definition) is 0. The maximum absolute atomic E-state index is 13.0. The fourth-order valence-electron chi connectivity index (χ4n) is 3.44. The van der Waals surface area contributed by atoms with Gasteiger partial charge < -0.3 is 14.2 Å². The van der Waals surface area contributed by atoms with Gasteiger partial charge in [0, 0.05) is 10.6 Å². The Balaban J connectivity index is 1.52. The van der Waals surface area contributed by atoms with Crippen LogP contribution < -0.4 is 14.2 Å². The Labute approximate surface area is 227 Å². The molecule has 10 heteroatoms. The topological polar surface area (TPSA) is 82.1 Å². The van der Waals surface area contributed by atoms with Crippen molar-refractivity contribution in [3.05, 3.63) is 92.3 Å². The van der Waals surface area contributed by atoms with Gasteiger partial charge in [-0.25, -0.2) is 4.79 Å². The largest absolute Gasteiger partial charge is 0.493 e. The van der Waals surface area contributed by atoms with E-state index in [9.17, 15) is 14.4 Å². The SMILES string of the molecule is COc1cccc(/C=C2\SC(=O)N(CCOc3ccc(C)cc3)C2=O)c1OC(=O)c1ccc(Cl)cc1Cl. The number of carbonyl (C=O) groups is 3. The normalized spacial score (nSPS) is 14.3. The molecule has 3 aromatic rings. The molecule has 1 saturated heterocycles. The summed E-state index contributed by atoms with van der Waals surface area (Å²) in [5, 5.41) is 0.0839. The number of para-hydroxylation sites is 1. The van der Waals surface area contributed by atoms with E-state index in [0.29, 0.717) is 16.3 Å². The minimum absolute atomic E-state index is 0.0792. The van der Waals surface area contributed by atoms with Crippen molar-refractivity contribution in [3.63, 3.8) is 0 Å². The number of aryl methyl sites for hydroxylation is 1. The van der Waals surface area contributed by atoms with Gasteiger partial charge in [-0.2, -0.15) is 0 Å². The lowest BCUT2D eigenvalue weighted by atomic mass is 10.1. The number of carbonyl (C=O) groups excluding carboxylic acids is 3. The Hall–Kier alpha value is -3.46. The number of amides is 2. The molecular formula is C27H21Cl2NO6S. The van der Waals surface area contributed by atoms with Crippen LogP contribution in [0.1, 0.15) is 21.5 Å². The number of methoxy groups -OCH3 is 1. The molecule has 0 saturated carbocycles. The first-order valence-corrected chi connectivity index (χ1v) is 12.6. The molecule has 0 spiro atoms. The zero-order chi connectivity index (χ0) is 26.5. The summed E-state index contributed by atoms with van der Waals surface area (Å²) in [5.41, 5.74) is 1.58. The molecule has 0 unspecified atom stereocenters. The quantitative estimate of drug-likeness (QED) is 0.174. The van der Waals surface area contributed by atoms with E-state index in [1.165, 1.54) is 31.4 Å². The molecule has 0 bridgehead atoms. The number of esters is 1. The van der Waals surface area contributed by atoms with Gasteiger partial charge in [-0.1, -0.05) is 53.0 Å². The molecule has 4 rings (SSSR count). The van der Waals surface area contributed by atoms with E-state index in [2.05, 4.69) is 0 Å². The van der Waals surface area contributed by atoms with Crippen LogP contribution >= 0.6 is 35.0 Å². The fourth-order valence-corrected chi connectivity index (χ4v) is 4.78. The molecule has 0 atom stereocenters. The van der Waals surface area contributed by atoms with Crippen molar-refractivity contribution in [2.75, 3.05) is 20.3 Å². The van der Waals surface area contributed by atoms with E-state index in [4.69, 9.17) is 37.4 Å².